The molecule has 18 heavy (non-hydrogen) atoms. The van der Waals surface area contributed by atoms with Crippen LogP contribution in [0.25, 0.3) is 0 Å². The predicted molar refractivity (Wildman–Crippen MR) is 76.2 cm³/mol. The van der Waals surface area contributed by atoms with Crippen molar-refractivity contribution >= 4 is 0 Å². The minimum Gasteiger partial charge on any atom is -0.330 e. The van der Waals surface area contributed by atoms with Crippen molar-refractivity contribution < 1.29 is 4.39 Å². The Morgan fingerprint density at radius 2 is 1.83 bits per heavy atom. The predicted octanol–water partition coefficient (Wildman–Crippen LogP) is 4.62. The molecule has 1 rings (SSSR count). The molecule has 0 spiro atoms. The maximum Gasteiger partial charge on any atom is 0.123 e. The zero-order valence-corrected chi connectivity index (χ0v) is 11.5. The lowest BCUT2D eigenvalue weighted by Gasteiger charge is -2.15. The fraction of sp³-hybridized carbons (Fsp3) is 0.625. The first kappa shape index (κ1) is 15.2. The van der Waals surface area contributed by atoms with Gasteiger partial charge in [0, 0.05) is 0 Å². The average Bonchev–Trinajstić information content (AvgIpc) is 2.38. The van der Waals surface area contributed by atoms with Crippen LogP contribution in [0, 0.1) is 5.82 Å². The van der Waals surface area contributed by atoms with Crippen LogP contribution < -0.4 is 5.73 Å². The number of nitrogens with two attached hydrogens (primary N) is 1. The lowest BCUT2D eigenvalue weighted by Crippen LogP contribution is -2.12. The summed E-state index contributed by atoms with van der Waals surface area (Å²) in [6, 6.07) is 6.86. The van der Waals surface area contributed by atoms with Crippen LogP contribution in [0.4, 0.5) is 4.39 Å². The van der Waals surface area contributed by atoms with Crippen molar-refractivity contribution in [1.82, 2.24) is 0 Å². The van der Waals surface area contributed by atoms with E-state index in [1.165, 1.54) is 44.6 Å². The molecule has 1 aromatic rings. The fourth-order valence-electron chi connectivity index (χ4n) is 2.35. The Morgan fingerprint density at radius 3 is 2.50 bits per heavy atom. The van der Waals surface area contributed by atoms with Crippen LogP contribution in [0.5, 0.6) is 0 Å². The molecule has 0 heterocycles. The van der Waals surface area contributed by atoms with Crippen LogP contribution in [0.2, 0.25) is 0 Å². The third kappa shape index (κ3) is 5.63. The Morgan fingerprint density at radius 1 is 1.11 bits per heavy atom. The van der Waals surface area contributed by atoms with E-state index in [4.69, 9.17) is 5.73 Å². The van der Waals surface area contributed by atoms with Gasteiger partial charge >= 0.3 is 0 Å². The molecule has 0 bridgehead atoms. The molecule has 0 saturated carbocycles. The minimum atomic E-state index is -0.158. The van der Waals surface area contributed by atoms with Gasteiger partial charge in [-0.25, -0.2) is 4.39 Å². The number of rotatable bonds is 9. The second-order valence-corrected chi connectivity index (χ2v) is 5.04. The molecule has 1 atom stereocenters. The summed E-state index contributed by atoms with van der Waals surface area (Å²) in [6.45, 7) is 2.84. The van der Waals surface area contributed by atoms with E-state index in [0.29, 0.717) is 12.5 Å². The van der Waals surface area contributed by atoms with E-state index in [2.05, 4.69) is 6.92 Å². The quantitative estimate of drug-likeness (QED) is 0.637. The first-order valence-corrected chi connectivity index (χ1v) is 7.23. The van der Waals surface area contributed by atoms with Gasteiger partial charge in [0.2, 0.25) is 0 Å². The maximum absolute atomic E-state index is 13.2. The van der Waals surface area contributed by atoms with Crippen LogP contribution in [0.1, 0.15) is 63.4 Å². The Hall–Kier alpha value is -0.890. The van der Waals surface area contributed by atoms with Gasteiger partial charge in [-0.05, 0) is 36.6 Å². The van der Waals surface area contributed by atoms with E-state index in [9.17, 15) is 4.39 Å². The molecule has 1 aromatic carbocycles. The van der Waals surface area contributed by atoms with E-state index in [0.717, 1.165) is 12.0 Å². The van der Waals surface area contributed by atoms with Crippen LogP contribution in [0.3, 0.4) is 0 Å². The first-order valence-electron chi connectivity index (χ1n) is 7.23. The van der Waals surface area contributed by atoms with E-state index in [1.807, 2.05) is 6.07 Å². The molecule has 1 unspecified atom stereocenters. The molecule has 0 aliphatic rings. The average molecular weight is 251 g/mol. The van der Waals surface area contributed by atoms with E-state index >= 15 is 0 Å². The second kappa shape index (κ2) is 9.09. The summed E-state index contributed by atoms with van der Waals surface area (Å²) >= 11 is 0. The molecule has 102 valence electrons. The Balaban J connectivity index is 2.29. The summed E-state index contributed by atoms with van der Waals surface area (Å²) in [5, 5.41) is 0. The van der Waals surface area contributed by atoms with E-state index in [-0.39, 0.29) is 5.82 Å². The summed E-state index contributed by atoms with van der Waals surface area (Å²) in [7, 11) is 0. The van der Waals surface area contributed by atoms with Gasteiger partial charge in [-0.1, -0.05) is 57.6 Å². The standard InChI is InChI=1S/C16H26FN/c1-2-3-4-5-6-7-9-15(13-18)14-10-8-11-16(17)12-14/h8,10-12,15H,2-7,9,13,18H2,1H3. The lowest BCUT2D eigenvalue weighted by molar-refractivity contribution is 0.539. The number of halogens is 1. The summed E-state index contributed by atoms with van der Waals surface area (Å²) in [5.74, 6) is 0.153. The van der Waals surface area contributed by atoms with Crippen molar-refractivity contribution in [2.24, 2.45) is 5.73 Å². The maximum atomic E-state index is 13.2. The second-order valence-electron chi connectivity index (χ2n) is 5.04. The summed E-state index contributed by atoms with van der Waals surface area (Å²) < 4.78 is 13.2. The zero-order chi connectivity index (χ0) is 13.2. The highest BCUT2D eigenvalue weighted by atomic mass is 19.1. The molecular weight excluding hydrogens is 225 g/mol. The van der Waals surface area contributed by atoms with Gasteiger partial charge < -0.3 is 5.73 Å². The summed E-state index contributed by atoms with van der Waals surface area (Å²) in [6.07, 6.45) is 8.82. The van der Waals surface area contributed by atoms with Gasteiger partial charge in [0.1, 0.15) is 5.82 Å². The third-order valence-electron chi connectivity index (χ3n) is 3.51. The van der Waals surface area contributed by atoms with Gasteiger partial charge in [0.05, 0.1) is 0 Å². The Bertz CT molecular complexity index is 325. The molecule has 0 aliphatic heterocycles. The van der Waals surface area contributed by atoms with Crippen molar-refractivity contribution in [2.75, 3.05) is 6.54 Å². The topological polar surface area (TPSA) is 26.0 Å². The smallest absolute Gasteiger partial charge is 0.123 e. The molecule has 2 heteroatoms. The highest BCUT2D eigenvalue weighted by Gasteiger charge is 2.09. The van der Waals surface area contributed by atoms with Crippen LogP contribution in [-0.4, -0.2) is 6.54 Å². The Labute approximate surface area is 111 Å². The van der Waals surface area contributed by atoms with Gasteiger partial charge in [-0.3, -0.25) is 0 Å². The largest absolute Gasteiger partial charge is 0.330 e. The molecule has 2 N–H and O–H groups in total. The van der Waals surface area contributed by atoms with Crippen LogP contribution >= 0.6 is 0 Å². The minimum absolute atomic E-state index is 0.158. The highest BCUT2D eigenvalue weighted by Crippen LogP contribution is 2.22. The summed E-state index contributed by atoms with van der Waals surface area (Å²) in [4.78, 5) is 0. The number of benzene rings is 1. The molecule has 0 saturated heterocycles. The first-order chi connectivity index (χ1) is 8.77. The van der Waals surface area contributed by atoms with Gasteiger partial charge in [-0.15, -0.1) is 0 Å². The van der Waals surface area contributed by atoms with Crippen molar-refractivity contribution in [3.8, 4) is 0 Å². The van der Waals surface area contributed by atoms with Crippen molar-refractivity contribution in [3.05, 3.63) is 35.6 Å². The molecule has 0 amide bonds. The highest BCUT2D eigenvalue weighted by molar-refractivity contribution is 5.20. The summed E-state index contributed by atoms with van der Waals surface area (Å²) in [5.41, 5.74) is 6.84. The van der Waals surface area contributed by atoms with Gasteiger partial charge in [0.25, 0.3) is 0 Å². The lowest BCUT2D eigenvalue weighted by atomic mass is 9.93. The third-order valence-corrected chi connectivity index (χ3v) is 3.51. The monoisotopic (exact) mass is 251 g/mol. The number of hydrogen-bond donors (Lipinski definition) is 1. The zero-order valence-electron chi connectivity index (χ0n) is 11.5. The van der Waals surface area contributed by atoms with Crippen molar-refractivity contribution in [3.63, 3.8) is 0 Å². The van der Waals surface area contributed by atoms with Gasteiger partial charge in [-0.2, -0.15) is 0 Å². The van der Waals surface area contributed by atoms with Crippen LogP contribution in [-0.2, 0) is 0 Å². The Kier molecular flexibility index (Phi) is 7.66. The molecule has 1 nitrogen and oxygen atoms in total. The molecule has 0 radical (unpaired) electrons. The van der Waals surface area contributed by atoms with Crippen molar-refractivity contribution in [1.29, 1.82) is 0 Å². The van der Waals surface area contributed by atoms with E-state index < -0.39 is 0 Å². The number of unbranched alkanes of at least 4 members (excludes halogenated alkanes) is 5. The van der Waals surface area contributed by atoms with Crippen molar-refractivity contribution in [2.45, 2.75) is 57.8 Å². The molecule has 0 aliphatic carbocycles. The van der Waals surface area contributed by atoms with E-state index in [1.54, 1.807) is 12.1 Å². The SMILES string of the molecule is CCCCCCCCC(CN)c1cccc(F)c1. The molecular formula is C16H26FN. The molecule has 0 aromatic heterocycles. The molecule has 0 fully saturated rings. The van der Waals surface area contributed by atoms with Crippen LogP contribution in [0.15, 0.2) is 24.3 Å². The fourth-order valence-corrected chi connectivity index (χ4v) is 2.35. The normalized spacial score (nSPS) is 12.6. The van der Waals surface area contributed by atoms with Gasteiger partial charge in [0.15, 0.2) is 0 Å². The number of hydrogen-bond acceptors (Lipinski definition) is 1.